The van der Waals surface area contributed by atoms with Gasteiger partial charge in [-0.3, -0.25) is 9.59 Å². The maximum atomic E-state index is 13.2. The van der Waals surface area contributed by atoms with Gasteiger partial charge in [0.15, 0.2) is 13.8 Å². The molecule has 12 heteroatoms. The van der Waals surface area contributed by atoms with Crippen molar-refractivity contribution in [3.63, 3.8) is 0 Å². The largest absolute Gasteiger partial charge is 0.499 e. The number of halogens is 6. The summed E-state index contributed by atoms with van der Waals surface area (Å²) < 4.78 is 2.15. The number of hydrogen-bond acceptors (Lipinski definition) is 4. The molecule has 6 nitrogen and oxygen atoms in total. The van der Waals surface area contributed by atoms with Crippen LogP contribution in [0.4, 0.5) is 0 Å². The number of hydrogen-bond donors (Lipinski definition) is 2. The van der Waals surface area contributed by atoms with E-state index in [4.69, 9.17) is 74.3 Å². The van der Waals surface area contributed by atoms with Crippen molar-refractivity contribution in [3.8, 4) is 0 Å². The Morgan fingerprint density at radius 1 is 1.21 bits per heavy atom. The molecule has 0 spiro atoms. The van der Waals surface area contributed by atoms with Gasteiger partial charge < -0.3 is 20.1 Å². The third-order valence-electron chi connectivity index (χ3n) is 4.28. The van der Waals surface area contributed by atoms with Crippen molar-refractivity contribution < 1.29 is 19.4 Å². The molecule has 3 atom stereocenters. The SMILES string of the molecule is CCCC(=O)NC(CCC(Cl)(Cl)Cl)C(=O)N1C(O)C=C(OC)C1CCC(Cl)(Cl)Cl. The summed E-state index contributed by atoms with van der Waals surface area (Å²) in [5, 5.41) is 13.1. The average molecular weight is 533 g/mol. The van der Waals surface area contributed by atoms with Crippen LogP contribution in [-0.4, -0.2) is 54.8 Å². The van der Waals surface area contributed by atoms with Crippen LogP contribution in [0.25, 0.3) is 0 Å². The van der Waals surface area contributed by atoms with Crippen LogP contribution >= 0.6 is 69.6 Å². The third kappa shape index (κ3) is 9.46. The Morgan fingerprint density at radius 3 is 2.28 bits per heavy atom. The lowest BCUT2D eigenvalue weighted by atomic mass is 10.1. The van der Waals surface area contributed by atoms with E-state index in [0.29, 0.717) is 12.2 Å². The van der Waals surface area contributed by atoms with Gasteiger partial charge >= 0.3 is 0 Å². The molecule has 0 saturated heterocycles. The zero-order valence-corrected chi connectivity index (χ0v) is 20.5. The molecule has 1 aliphatic heterocycles. The Kier molecular flexibility index (Phi) is 11.0. The van der Waals surface area contributed by atoms with E-state index in [2.05, 4.69) is 5.32 Å². The van der Waals surface area contributed by atoms with Gasteiger partial charge in [-0.05, 0) is 32.1 Å². The molecule has 0 bridgehead atoms. The van der Waals surface area contributed by atoms with Gasteiger partial charge in [0, 0.05) is 12.5 Å². The molecule has 0 aromatic heterocycles. The second kappa shape index (κ2) is 11.7. The molecule has 1 rings (SSSR count). The van der Waals surface area contributed by atoms with Gasteiger partial charge in [-0.15, -0.1) is 0 Å². The highest BCUT2D eigenvalue weighted by atomic mass is 35.6. The number of carbonyl (C=O) groups is 2. The van der Waals surface area contributed by atoms with E-state index in [-0.39, 0.29) is 38.0 Å². The molecule has 0 aromatic rings. The Hall–Kier alpha value is 0.180. The summed E-state index contributed by atoms with van der Waals surface area (Å²) in [6.45, 7) is 1.84. The lowest BCUT2D eigenvalue weighted by Gasteiger charge is -2.33. The monoisotopic (exact) mass is 530 g/mol. The quantitative estimate of drug-likeness (QED) is 0.424. The Balaban J connectivity index is 3.06. The normalized spacial score (nSPS) is 21.0. The zero-order valence-electron chi connectivity index (χ0n) is 15.9. The molecule has 0 radical (unpaired) electrons. The third-order valence-corrected chi connectivity index (χ3v) is 5.41. The van der Waals surface area contributed by atoms with Gasteiger partial charge in [-0.1, -0.05) is 76.5 Å². The van der Waals surface area contributed by atoms with Crippen molar-refractivity contribution in [2.45, 2.75) is 71.3 Å². The highest BCUT2D eigenvalue weighted by molar-refractivity contribution is 6.67. The van der Waals surface area contributed by atoms with Gasteiger partial charge in [0.2, 0.25) is 11.8 Å². The minimum atomic E-state index is -1.59. The number of alkyl halides is 6. The van der Waals surface area contributed by atoms with E-state index in [9.17, 15) is 14.7 Å². The summed E-state index contributed by atoms with van der Waals surface area (Å²) in [5.74, 6) is -0.504. The molecule has 2 N–H and O–H groups in total. The Bertz CT molecular complexity index is 606. The topological polar surface area (TPSA) is 78.9 Å². The average Bonchev–Trinajstić information content (AvgIpc) is 2.90. The molecule has 2 amide bonds. The predicted octanol–water partition coefficient (Wildman–Crippen LogP) is 4.63. The first-order valence-corrected chi connectivity index (χ1v) is 11.2. The van der Waals surface area contributed by atoms with Gasteiger partial charge in [-0.2, -0.15) is 0 Å². The van der Waals surface area contributed by atoms with Crippen LogP contribution < -0.4 is 5.32 Å². The van der Waals surface area contributed by atoms with Gasteiger partial charge in [0.05, 0.1) is 13.2 Å². The molecule has 0 saturated carbocycles. The molecule has 1 aliphatic rings. The summed E-state index contributed by atoms with van der Waals surface area (Å²) in [6, 6.07) is -1.67. The summed E-state index contributed by atoms with van der Waals surface area (Å²) in [4.78, 5) is 26.5. The van der Waals surface area contributed by atoms with Crippen LogP contribution in [0.3, 0.4) is 0 Å². The van der Waals surface area contributed by atoms with Crippen LogP contribution in [-0.2, 0) is 14.3 Å². The number of aliphatic hydroxyl groups excluding tert-OH is 1. The molecule has 1 heterocycles. The Labute approximate surface area is 200 Å². The van der Waals surface area contributed by atoms with Crippen LogP contribution in [0.1, 0.15) is 45.4 Å². The van der Waals surface area contributed by atoms with Gasteiger partial charge in [0.25, 0.3) is 0 Å². The first kappa shape index (κ1) is 27.2. The van der Waals surface area contributed by atoms with Gasteiger partial charge in [-0.25, -0.2) is 0 Å². The molecule has 0 fully saturated rings. The van der Waals surface area contributed by atoms with E-state index < -0.39 is 31.8 Å². The molecule has 0 aliphatic carbocycles. The lowest BCUT2D eigenvalue weighted by molar-refractivity contribution is -0.144. The van der Waals surface area contributed by atoms with E-state index >= 15 is 0 Å². The van der Waals surface area contributed by atoms with E-state index in [1.165, 1.54) is 18.1 Å². The maximum absolute atomic E-state index is 13.2. The van der Waals surface area contributed by atoms with E-state index in [0.717, 1.165) is 0 Å². The van der Waals surface area contributed by atoms with Crippen molar-refractivity contribution in [1.29, 1.82) is 0 Å². The number of aliphatic hydroxyl groups is 1. The lowest BCUT2D eigenvalue weighted by Crippen LogP contribution is -2.53. The molecule has 0 aromatic carbocycles. The van der Waals surface area contributed by atoms with Crippen LogP contribution in [0, 0.1) is 0 Å². The minimum Gasteiger partial charge on any atom is -0.499 e. The molecule has 29 heavy (non-hydrogen) atoms. The van der Waals surface area contributed by atoms with Crippen molar-refractivity contribution >= 4 is 81.4 Å². The van der Waals surface area contributed by atoms with Crippen LogP contribution in [0.2, 0.25) is 0 Å². The fourth-order valence-corrected chi connectivity index (χ4v) is 3.62. The zero-order chi connectivity index (χ0) is 22.4. The van der Waals surface area contributed by atoms with E-state index in [1.807, 2.05) is 6.92 Å². The number of carbonyl (C=O) groups excluding carboxylic acids is 2. The smallest absolute Gasteiger partial charge is 0.248 e. The number of amides is 2. The molecule has 168 valence electrons. The number of methoxy groups -OCH3 is 1. The second-order valence-electron chi connectivity index (χ2n) is 6.63. The summed E-state index contributed by atoms with van der Waals surface area (Å²) in [7, 11) is 1.41. The highest BCUT2D eigenvalue weighted by Crippen LogP contribution is 2.37. The number of nitrogens with one attached hydrogen (secondary N) is 1. The minimum absolute atomic E-state index is 0.0216. The molecular formula is C17H24Cl6N2O4. The van der Waals surface area contributed by atoms with Crippen LogP contribution in [0.5, 0.6) is 0 Å². The fourth-order valence-electron chi connectivity index (χ4n) is 2.97. The summed E-state index contributed by atoms with van der Waals surface area (Å²) in [6.07, 6.45) is 1.38. The number of ether oxygens (including phenoxy) is 1. The Morgan fingerprint density at radius 2 is 1.79 bits per heavy atom. The summed E-state index contributed by atoms with van der Waals surface area (Å²) in [5.41, 5.74) is 0. The molecular weight excluding hydrogens is 509 g/mol. The van der Waals surface area contributed by atoms with Crippen molar-refractivity contribution in [2.75, 3.05) is 7.11 Å². The first-order valence-electron chi connectivity index (χ1n) is 8.98. The standard InChI is InChI=1S/C17H24Cl6N2O4/c1-3-4-13(26)24-10(5-7-16(18,19)20)15(28)25-11(6-8-17(21,22)23)12(29-2)9-14(25)27/h9-11,14,27H,3-8H2,1-2H3,(H,24,26). The highest BCUT2D eigenvalue weighted by Gasteiger charge is 2.42. The van der Waals surface area contributed by atoms with Crippen LogP contribution in [0.15, 0.2) is 11.8 Å². The maximum Gasteiger partial charge on any atom is 0.248 e. The van der Waals surface area contributed by atoms with E-state index in [1.54, 1.807) is 0 Å². The molecule has 3 unspecified atom stereocenters. The van der Waals surface area contributed by atoms with Crippen molar-refractivity contribution in [2.24, 2.45) is 0 Å². The fraction of sp³-hybridized carbons (Fsp3) is 0.765. The van der Waals surface area contributed by atoms with Crippen molar-refractivity contribution in [1.82, 2.24) is 10.2 Å². The predicted molar refractivity (Wildman–Crippen MR) is 118 cm³/mol. The number of nitrogens with zero attached hydrogens (tertiary/aromatic N) is 1. The summed E-state index contributed by atoms with van der Waals surface area (Å²) >= 11 is 34.9. The van der Waals surface area contributed by atoms with Crippen molar-refractivity contribution in [3.05, 3.63) is 11.8 Å². The first-order chi connectivity index (χ1) is 13.3. The van der Waals surface area contributed by atoms with Gasteiger partial charge in [0.1, 0.15) is 11.8 Å². The second-order valence-corrected chi connectivity index (χ2v) is 11.7. The number of rotatable bonds is 9.